The van der Waals surface area contributed by atoms with Crippen LogP contribution in [0.15, 0.2) is 30.3 Å². The van der Waals surface area contributed by atoms with Gasteiger partial charge in [0.15, 0.2) is 0 Å². The quantitative estimate of drug-likeness (QED) is 0.607. The molecule has 0 radical (unpaired) electrons. The number of benzene rings is 1. The third-order valence-corrected chi connectivity index (χ3v) is 1.75. The summed E-state index contributed by atoms with van der Waals surface area (Å²) in [5.74, 6) is 0. The molecule has 0 amide bonds. The molecule has 0 spiro atoms. The fourth-order valence-electron chi connectivity index (χ4n) is 0.943. The summed E-state index contributed by atoms with van der Waals surface area (Å²) in [6.07, 6.45) is 0. The molecule has 1 N–H and O–H groups in total. The summed E-state index contributed by atoms with van der Waals surface area (Å²) in [5.41, 5.74) is 0.938. The zero-order valence-electron chi connectivity index (χ0n) is 6.84. The fraction of sp³-hybridized carbons (Fsp3) is 0. The molecule has 1 aromatic heterocycles. The molecule has 1 aromatic carbocycles. The van der Waals surface area contributed by atoms with Gasteiger partial charge < -0.3 is 0 Å². The van der Waals surface area contributed by atoms with E-state index in [4.69, 9.17) is 12.2 Å². The molecule has 2 rings (SSSR count). The predicted octanol–water partition coefficient (Wildman–Crippen LogP) is 1.32. The van der Waals surface area contributed by atoms with Crippen LogP contribution in [0.25, 0.3) is 5.69 Å². The third kappa shape index (κ3) is 2.08. The van der Waals surface area contributed by atoms with Crippen LogP contribution in [0.2, 0.25) is 0 Å². The van der Waals surface area contributed by atoms with Gasteiger partial charge in [-0.2, -0.15) is 5.21 Å². The SMILES string of the molecule is S=c1nn[nH]n1-c1ccccc1.[Zn+2]. The largest absolute Gasteiger partial charge is 2.00 e. The van der Waals surface area contributed by atoms with E-state index in [2.05, 4.69) is 15.5 Å². The predicted molar refractivity (Wildman–Crippen MR) is 46.5 cm³/mol. The maximum atomic E-state index is 4.93. The maximum Gasteiger partial charge on any atom is 2.00 e. The van der Waals surface area contributed by atoms with Gasteiger partial charge in [0.2, 0.25) is 4.77 Å². The smallest absolute Gasteiger partial charge is 0.210 e. The molecule has 0 aliphatic rings. The van der Waals surface area contributed by atoms with Crippen molar-refractivity contribution in [1.82, 2.24) is 20.2 Å². The van der Waals surface area contributed by atoms with E-state index in [1.807, 2.05) is 30.3 Å². The molecule has 0 aliphatic carbocycles. The molecule has 0 aliphatic heterocycles. The van der Waals surface area contributed by atoms with Crippen LogP contribution < -0.4 is 0 Å². The molecule has 0 saturated carbocycles. The standard InChI is InChI=1S/C7H6N4S.Zn/c12-7-8-9-10-11(7)6-4-2-1-3-5-6;/h1-5H,(H,8,10,12);/q;+2. The van der Waals surface area contributed by atoms with Crippen molar-refractivity contribution in [2.24, 2.45) is 0 Å². The van der Waals surface area contributed by atoms with Gasteiger partial charge in [-0.15, -0.1) is 0 Å². The molecule has 4 nitrogen and oxygen atoms in total. The van der Waals surface area contributed by atoms with Crippen LogP contribution in [0.3, 0.4) is 0 Å². The minimum atomic E-state index is 0. The number of tetrazole rings is 1. The van der Waals surface area contributed by atoms with Crippen LogP contribution >= 0.6 is 12.2 Å². The van der Waals surface area contributed by atoms with E-state index in [9.17, 15) is 0 Å². The van der Waals surface area contributed by atoms with Gasteiger partial charge in [0.1, 0.15) is 0 Å². The Labute approximate surface area is 92.7 Å². The Hall–Kier alpha value is -0.867. The zero-order chi connectivity index (χ0) is 8.39. The average molecular weight is 244 g/mol. The number of hydrogen-bond acceptors (Lipinski definition) is 3. The van der Waals surface area contributed by atoms with Crippen LogP contribution in [0.4, 0.5) is 0 Å². The van der Waals surface area contributed by atoms with Crippen molar-refractivity contribution in [3.8, 4) is 5.69 Å². The summed E-state index contributed by atoms with van der Waals surface area (Å²) < 4.78 is 2.07. The molecule has 1 heterocycles. The van der Waals surface area contributed by atoms with Gasteiger partial charge in [0.25, 0.3) is 0 Å². The first-order valence-electron chi connectivity index (χ1n) is 3.43. The normalized spacial score (nSPS) is 9.23. The van der Waals surface area contributed by atoms with Crippen LogP contribution in [0.5, 0.6) is 0 Å². The van der Waals surface area contributed by atoms with Crippen molar-refractivity contribution in [2.45, 2.75) is 0 Å². The number of para-hydroxylation sites is 1. The first-order valence-corrected chi connectivity index (χ1v) is 3.84. The van der Waals surface area contributed by atoms with E-state index in [1.54, 1.807) is 4.68 Å². The molecular weight excluding hydrogens is 238 g/mol. The molecular formula is C7H6N4SZn+2. The minimum absolute atomic E-state index is 0. The van der Waals surface area contributed by atoms with Crippen LogP contribution in [0.1, 0.15) is 0 Å². The number of aromatic nitrogens is 4. The van der Waals surface area contributed by atoms with Gasteiger partial charge in [-0.25, -0.2) is 4.68 Å². The minimum Gasteiger partial charge on any atom is -0.210 e. The molecule has 2 aromatic rings. The van der Waals surface area contributed by atoms with Gasteiger partial charge >= 0.3 is 19.5 Å². The number of rotatable bonds is 1. The summed E-state index contributed by atoms with van der Waals surface area (Å²) in [4.78, 5) is 0. The fourth-order valence-corrected chi connectivity index (χ4v) is 1.13. The second-order valence-electron chi connectivity index (χ2n) is 2.25. The van der Waals surface area contributed by atoms with Crippen molar-refractivity contribution in [3.63, 3.8) is 0 Å². The van der Waals surface area contributed by atoms with E-state index < -0.39 is 0 Å². The number of hydrogen-bond donors (Lipinski definition) is 1. The average Bonchev–Trinajstić information content (AvgIpc) is 2.53. The third-order valence-electron chi connectivity index (χ3n) is 1.49. The summed E-state index contributed by atoms with van der Waals surface area (Å²) >= 11 is 4.93. The Kier molecular flexibility index (Phi) is 3.45. The second kappa shape index (κ2) is 4.39. The van der Waals surface area contributed by atoms with E-state index in [0.29, 0.717) is 4.77 Å². The number of H-pyrrole nitrogens is 1. The van der Waals surface area contributed by atoms with Gasteiger partial charge in [-0.1, -0.05) is 28.5 Å². The number of nitrogens with one attached hydrogen (secondary N) is 1. The summed E-state index contributed by atoms with van der Waals surface area (Å²) in [6, 6.07) is 9.65. The first kappa shape index (κ1) is 10.2. The van der Waals surface area contributed by atoms with Crippen molar-refractivity contribution < 1.29 is 19.5 Å². The Balaban J connectivity index is 0.000000845. The number of nitrogens with zero attached hydrogens (tertiary/aromatic N) is 3. The van der Waals surface area contributed by atoms with Crippen molar-refractivity contribution >= 4 is 12.2 Å². The van der Waals surface area contributed by atoms with Crippen LogP contribution in [-0.4, -0.2) is 20.2 Å². The molecule has 6 heteroatoms. The summed E-state index contributed by atoms with van der Waals surface area (Å²) in [6.45, 7) is 0. The van der Waals surface area contributed by atoms with Gasteiger partial charge in [0, 0.05) is 0 Å². The van der Waals surface area contributed by atoms with E-state index in [-0.39, 0.29) is 19.5 Å². The number of aromatic amines is 1. The van der Waals surface area contributed by atoms with Gasteiger partial charge in [0.05, 0.1) is 5.69 Å². The summed E-state index contributed by atoms with van der Waals surface area (Å²) in [5, 5.41) is 9.92. The molecule has 0 unspecified atom stereocenters. The molecule has 0 atom stereocenters. The van der Waals surface area contributed by atoms with E-state index in [1.165, 1.54) is 0 Å². The Morgan fingerprint density at radius 2 is 1.92 bits per heavy atom. The van der Waals surface area contributed by atoms with Gasteiger partial charge in [-0.3, -0.25) is 0 Å². The van der Waals surface area contributed by atoms with Crippen LogP contribution in [0, 0.1) is 4.77 Å². The Morgan fingerprint density at radius 1 is 1.23 bits per heavy atom. The van der Waals surface area contributed by atoms with Crippen molar-refractivity contribution in [2.75, 3.05) is 0 Å². The monoisotopic (exact) mass is 242 g/mol. The molecule has 13 heavy (non-hydrogen) atoms. The van der Waals surface area contributed by atoms with Crippen molar-refractivity contribution in [3.05, 3.63) is 35.1 Å². The van der Waals surface area contributed by atoms with Crippen molar-refractivity contribution in [1.29, 1.82) is 0 Å². The second-order valence-corrected chi connectivity index (χ2v) is 2.62. The molecule has 0 fully saturated rings. The molecule has 60 valence electrons. The van der Waals surface area contributed by atoms with E-state index >= 15 is 0 Å². The van der Waals surface area contributed by atoms with E-state index in [0.717, 1.165) is 5.69 Å². The Bertz CT molecular complexity index is 421. The Morgan fingerprint density at radius 3 is 2.46 bits per heavy atom. The van der Waals surface area contributed by atoms with Crippen LogP contribution in [-0.2, 0) is 19.5 Å². The van der Waals surface area contributed by atoms with Gasteiger partial charge in [-0.05, 0) is 24.4 Å². The summed E-state index contributed by atoms with van der Waals surface area (Å²) in [7, 11) is 0. The zero-order valence-corrected chi connectivity index (χ0v) is 10.6. The molecule has 0 bridgehead atoms. The topological polar surface area (TPSA) is 46.5 Å². The molecule has 0 saturated heterocycles. The first-order chi connectivity index (χ1) is 5.88. The maximum absolute atomic E-state index is 4.93.